The summed E-state index contributed by atoms with van der Waals surface area (Å²) in [5, 5.41) is 1.86. The quantitative estimate of drug-likeness (QED) is 0.565. The topological polar surface area (TPSA) is 81.7 Å². The number of allylic oxidation sites excluding steroid dienone is 2. The molecule has 1 N–H and O–H groups in total. The first-order valence-corrected chi connectivity index (χ1v) is 8.90. The van der Waals surface area contributed by atoms with E-state index in [9.17, 15) is 27.6 Å². The average Bonchev–Trinajstić information content (AvgIpc) is 3.04. The first kappa shape index (κ1) is 22.4. The molecule has 0 spiro atoms. The van der Waals surface area contributed by atoms with Gasteiger partial charge in [0.05, 0.1) is 18.4 Å². The molecule has 0 atom stereocenters. The van der Waals surface area contributed by atoms with Crippen LogP contribution in [0.25, 0.3) is 0 Å². The third-order valence-corrected chi connectivity index (χ3v) is 4.97. The standard InChI is InChI=1S/C20H22F3NO5/c1-10(6-8-15(25)28-4)5-7-13-11(2)12(3)14-9-29-18(26)16(14)17(13)24-19(27)20(21,22)23/h5H,6-9H2,1-4H3,(H,24,27). The molecule has 1 aromatic rings. The zero-order chi connectivity index (χ0) is 21.9. The number of nitrogens with one attached hydrogen (secondary N) is 1. The first-order valence-electron chi connectivity index (χ1n) is 8.90. The summed E-state index contributed by atoms with van der Waals surface area (Å²) in [5.74, 6) is -3.30. The number of fused-ring (bicyclic) bond motifs is 1. The molecule has 0 unspecified atom stereocenters. The average molecular weight is 413 g/mol. The molecule has 0 aliphatic carbocycles. The Hall–Kier alpha value is -2.84. The summed E-state index contributed by atoms with van der Waals surface area (Å²) in [6.45, 7) is 5.20. The number of esters is 2. The van der Waals surface area contributed by atoms with Gasteiger partial charge in [0.1, 0.15) is 6.61 Å². The molecule has 158 valence electrons. The number of hydrogen-bond acceptors (Lipinski definition) is 5. The van der Waals surface area contributed by atoms with Gasteiger partial charge in [-0.3, -0.25) is 9.59 Å². The summed E-state index contributed by atoms with van der Waals surface area (Å²) < 4.78 is 48.1. The second-order valence-corrected chi connectivity index (χ2v) is 6.82. The van der Waals surface area contributed by atoms with E-state index in [1.807, 2.05) is 5.32 Å². The fourth-order valence-corrected chi connectivity index (χ4v) is 3.10. The highest BCUT2D eigenvalue weighted by atomic mass is 19.4. The van der Waals surface area contributed by atoms with Gasteiger partial charge in [-0.2, -0.15) is 13.2 Å². The number of methoxy groups -OCH3 is 1. The summed E-state index contributed by atoms with van der Waals surface area (Å²) in [7, 11) is 1.28. The number of ether oxygens (including phenoxy) is 2. The van der Waals surface area contributed by atoms with Crippen LogP contribution in [0.4, 0.5) is 18.9 Å². The maximum atomic E-state index is 12.8. The van der Waals surface area contributed by atoms with Crippen molar-refractivity contribution in [3.05, 3.63) is 39.5 Å². The summed E-state index contributed by atoms with van der Waals surface area (Å²) in [4.78, 5) is 35.0. The minimum Gasteiger partial charge on any atom is -0.469 e. The molecule has 1 aromatic carbocycles. The highest BCUT2D eigenvalue weighted by Crippen LogP contribution is 2.37. The van der Waals surface area contributed by atoms with Crippen molar-refractivity contribution < 1.29 is 37.0 Å². The molecule has 1 heterocycles. The molecule has 1 amide bonds. The van der Waals surface area contributed by atoms with E-state index in [0.29, 0.717) is 23.1 Å². The number of alkyl halides is 3. The summed E-state index contributed by atoms with van der Waals surface area (Å²) in [5.41, 5.74) is 2.87. The molecule has 0 radical (unpaired) electrons. The van der Waals surface area contributed by atoms with Crippen molar-refractivity contribution in [2.24, 2.45) is 0 Å². The molecule has 0 saturated carbocycles. The monoisotopic (exact) mass is 413 g/mol. The van der Waals surface area contributed by atoms with Gasteiger partial charge in [0.15, 0.2) is 0 Å². The number of benzene rings is 1. The molecule has 0 saturated heterocycles. The van der Waals surface area contributed by atoms with Gasteiger partial charge in [0, 0.05) is 12.0 Å². The van der Waals surface area contributed by atoms with Gasteiger partial charge in [0.25, 0.3) is 0 Å². The molecule has 0 fully saturated rings. The van der Waals surface area contributed by atoms with Crippen molar-refractivity contribution in [3.63, 3.8) is 0 Å². The molecule has 9 heteroatoms. The fraction of sp³-hybridized carbons (Fsp3) is 0.450. The predicted molar refractivity (Wildman–Crippen MR) is 98.4 cm³/mol. The zero-order valence-electron chi connectivity index (χ0n) is 16.6. The highest BCUT2D eigenvalue weighted by Gasteiger charge is 2.41. The van der Waals surface area contributed by atoms with Crippen LogP contribution in [0.15, 0.2) is 11.6 Å². The van der Waals surface area contributed by atoms with Gasteiger partial charge in [-0.1, -0.05) is 11.6 Å². The molecular formula is C20H22F3NO5. The molecule has 6 nitrogen and oxygen atoms in total. The van der Waals surface area contributed by atoms with E-state index in [1.165, 1.54) is 7.11 Å². The third-order valence-electron chi connectivity index (χ3n) is 4.97. The first-order chi connectivity index (χ1) is 13.5. The lowest BCUT2D eigenvalue weighted by Gasteiger charge is -2.19. The minimum absolute atomic E-state index is 0.0405. The van der Waals surface area contributed by atoms with Gasteiger partial charge in [-0.15, -0.1) is 0 Å². The van der Waals surface area contributed by atoms with Crippen molar-refractivity contribution >= 4 is 23.5 Å². The van der Waals surface area contributed by atoms with E-state index in [2.05, 4.69) is 4.74 Å². The van der Waals surface area contributed by atoms with E-state index in [1.54, 1.807) is 26.8 Å². The van der Waals surface area contributed by atoms with Crippen LogP contribution in [0, 0.1) is 13.8 Å². The van der Waals surface area contributed by atoms with Gasteiger partial charge in [-0.05, 0) is 50.3 Å². The molecule has 2 rings (SSSR count). The van der Waals surface area contributed by atoms with Crippen molar-refractivity contribution in [3.8, 4) is 0 Å². The Kier molecular flexibility index (Phi) is 6.71. The Morgan fingerprint density at radius 2 is 1.86 bits per heavy atom. The van der Waals surface area contributed by atoms with Crippen LogP contribution in [0.2, 0.25) is 0 Å². The number of cyclic esters (lactones) is 1. The fourth-order valence-electron chi connectivity index (χ4n) is 3.10. The van der Waals surface area contributed by atoms with Crippen LogP contribution in [0.3, 0.4) is 0 Å². The van der Waals surface area contributed by atoms with Crippen molar-refractivity contribution in [1.29, 1.82) is 0 Å². The minimum atomic E-state index is -5.10. The number of carbonyl (C=O) groups excluding carboxylic acids is 3. The molecule has 1 aliphatic heterocycles. The number of hydrogen-bond donors (Lipinski definition) is 1. The van der Waals surface area contributed by atoms with Crippen LogP contribution in [-0.4, -0.2) is 31.1 Å². The van der Waals surface area contributed by atoms with Crippen molar-refractivity contribution in [2.45, 2.75) is 52.8 Å². The van der Waals surface area contributed by atoms with Crippen LogP contribution in [0.1, 0.15) is 52.4 Å². The smallest absolute Gasteiger partial charge is 0.469 e. The van der Waals surface area contributed by atoms with Gasteiger partial charge < -0.3 is 14.8 Å². The Morgan fingerprint density at radius 3 is 2.45 bits per heavy atom. The Bertz CT molecular complexity index is 887. The number of anilines is 1. The maximum Gasteiger partial charge on any atom is 0.471 e. The van der Waals surface area contributed by atoms with Gasteiger partial charge in [-0.25, -0.2) is 4.79 Å². The number of carbonyl (C=O) groups is 3. The number of amides is 1. The zero-order valence-corrected chi connectivity index (χ0v) is 16.6. The molecular weight excluding hydrogens is 391 g/mol. The van der Waals surface area contributed by atoms with Crippen LogP contribution in [-0.2, 0) is 32.1 Å². The molecule has 29 heavy (non-hydrogen) atoms. The lowest BCUT2D eigenvalue weighted by molar-refractivity contribution is -0.167. The molecule has 1 aliphatic rings. The normalized spacial score (nSPS) is 13.8. The van der Waals surface area contributed by atoms with E-state index in [-0.39, 0.29) is 36.7 Å². The summed E-state index contributed by atoms with van der Waals surface area (Å²) in [6, 6.07) is 0. The summed E-state index contributed by atoms with van der Waals surface area (Å²) >= 11 is 0. The van der Waals surface area contributed by atoms with E-state index >= 15 is 0 Å². The van der Waals surface area contributed by atoms with Gasteiger partial charge >= 0.3 is 24.0 Å². The second kappa shape index (κ2) is 8.67. The molecule has 0 aromatic heterocycles. The summed E-state index contributed by atoms with van der Waals surface area (Å²) in [6.07, 6.45) is -2.58. The SMILES string of the molecule is COC(=O)CCC(C)=CCc1c(C)c(C)c2c(c1NC(=O)C(F)(F)F)C(=O)OC2. The van der Waals surface area contributed by atoms with E-state index in [4.69, 9.17) is 4.74 Å². The Labute approximate surface area is 166 Å². The van der Waals surface area contributed by atoms with E-state index < -0.39 is 18.1 Å². The lowest BCUT2D eigenvalue weighted by atomic mass is 9.90. The van der Waals surface area contributed by atoms with Crippen LogP contribution < -0.4 is 5.32 Å². The Balaban J connectivity index is 2.46. The Morgan fingerprint density at radius 1 is 1.21 bits per heavy atom. The molecule has 0 bridgehead atoms. The number of rotatable bonds is 6. The highest BCUT2D eigenvalue weighted by molar-refractivity contribution is 6.06. The van der Waals surface area contributed by atoms with Crippen molar-refractivity contribution in [1.82, 2.24) is 0 Å². The van der Waals surface area contributed by atoms with E-state index in [0.717, 1.165) is 11.1 Å². The second-order valence-electron chi connectivity index (χ2n) is 6.82. The third kappa shape index (κ3) is 4.96. The van der Waals surface area contributed by atoms with Crippen molar-refractivity contribution in [2.75, 3.05) is 12.4 Å². The lowest BCUT2D eigenvalue weighted by Crippen LogP contribution is -2.31. The van der Waals surface area contributed by atoms with Gasteiger partial charge in [0.2, 0.25) is 0 Å². The van der Waals surface area contributed by atoms with Crippen LogP contribution in [0.5, 0.6) is 0 Å². The number of halogens is 3. The van der Waals surface area contributed by atoms with Crippen LogP contribution >= 0.6 is 0 Å². The largest absolute Gasteiger partial charge is 0.471 e. The predicted octanol–water partition coefficient (Wildman–Crippen LogP) is 3.92. The maximum absolute atomic E-state index is 12.8.